The lowest BCUT2D eigenvalue weighted by atomic mass is 10.1. The van der Waals surface area contributed by atoms with E-state index in [2.05, 4.69) is 19.1 Å². The minimum atomic E-state index is 0.0742. The van der Waals surface area contributed by atoms with Crippen LogP contribution in [0.15, 0.2) is 12.2 Å². The molecule has 0 N–H and O–H groups in total. The first kappa shape index (κ1) is 22.2. The van der Waals surface area contributed by atoms with E-state index in [4.69, 9.17) is 4.84 Å². The molecule has 0 fully saturated rings. The van der Waals surface area contributed by atoms with Gasteiger partial charge in [-0.1, -0.05) is 70.4 Å². The van der Waals surface area contributed by atoms with Crippen molar-refractivity contribution in [2.24, 2.45) is 0 Å². The quantitative estimate of drug-likeness (QED) is 0.196. The average molecular weight is 326 g/mol. The van der Waals surface area contributed by atoms with Crippen LogP contribution in [0.2, 0.25) is 0 Å². The second kappa shape index (κ2) is 17.5. The molecule has 0 spiro atoms. The number of hydrogen-bond donors (Lipinski definition) is 0. The highest BCUT2D eigenvalue weighted by Gasteiger charge is 2.06. The number of hydroxylamine groups is 2. The molecule has 0 rings (SSSR count). The molecule has 23 heavy (non-hydrogen) atoms. The number of rotatable bonds is 16. The molecule has 0 saturated carbocycles. The van der Waals surface area contributed by atoms with Crippen LogP contribution in [0.3, 0.4) is 0 Å². The van der Waals surface area contributed by atoms with E-state index < -0.39 is 0 Å². The van der Waals surface area contributed by atoms with Crippen LogP contribution in [0.4, 0.5) is 0 Å². The van der Waals surface area contributed by atoms with Crippen molar-refractivity contribution in [2.75, 3.05) is 14.2 Å². The molecule has 1 amide bonds. The van der Waals surface area contributed by atoms with Crippen LogP contribution in [-0.4, -0.2) is 25.1 Å². The number of nitrogens with zero attached hydrogens (tertiary/aromatic N) is 1. The lowest BCUT2D eigenvalue weighted by Gasteiger charge is -2.12. The monoisotopic (exact) mass is 325 g/mol. The molecule has 3 nitrogen and oxygen atoms in total. The van der Waals surface area contributed by atoms with Crippen LogP contribution in [-0.2, 0) is 9.63 Å². The Kier molecular flexibility index (Phi) is 16.9. The molecule has 0 aliphatic carbocycles. The highest BCUT2D eigenvalue weighted by atomic mass is 16.7. The fourth-order valence-corrected chi connectivity index (χ4v) is 2.61. The highest BCUT2D eigenvalue weighted by molar-refractivity contribution is 5.74. The van der Waals surface area contributed by atoms with E-state index >= 15 is 0 Å². The maximum absolute atomic E-state index is 11.5. The summed E-state index contributed by atoms with van der Waals surface area (Å²) in [6.07, 6.45) is 22.0. The van der Waals surface area contributed by atoms with E-state index in [-0.39, 0.29) is 5.91 Å². The molecule has 0 aliphatic rings. The molecule has 0 heterocycles. The molecule has 0 aromatic heterocycles. The summed E-state index contributed by atoms with van der Waals surface area (Å²) in [6.45, 7) is 2.27. The normalized spacial score (nSPS) is 11.3. The summed E-state index contributed by atoms with van der Waals surface area (Å²) in [4.78, 5) is 16.4. The number of unbranched alkanes of at least 4 members (excludes halogenated alkanes) is 11. The third-order valence-electron chi connectivity index (χ3n) is 4.28. The van der Waals surface area contributed by atoms with Gasteiger partial charge in [-0.05, 0) is 32.1 Å². The first-order valence-corrected chi connectivity index (χ1v) is 9.68. The zero-order valence-corrected chi connectivity index (χ0v) is 15.8. The Hall–Kier alpha value is -0.830. The van der Waals surface area contributed by atoms with Crippen LogP contribution in [0, 0.1) is 0 Å². The summed E-state index contributed by atoms with van der Waals surface area (Å²) in [5.74, 6) is 0.0742. The van der Waals surface area contributed by atoms with Gasteiger partial charge in [0, 0.05) is 13.5 Å². The van der Waals surface area contributed by atoms with Gasteiger partial charge < -0.3 is 0 Å². The molecule has 0 aliphatic heterocycles. The number of carbonyl (C=O) groups excluding carboxylic acids is 1. The van der Waals surface area contributed by atoms with Gasteiger partial charge in [-0.2, -0.15) is 0 Å². The summed E-state index contributed by atoms with van der Waals surface area (Å²) in [7, 11) is 3.19. The number of hydrogen-bond acceptors (Lipinski definition) is 2. The van der Waals surface area contributed by atoms with Gasteiger partial charge >= 0.3 is 0 Å². The molecular weight excluding hydrogens is 286 g/mol. The van der Waals surface area contributed by atoms with Crippen molar-refractivity contribution in [1.82, 2.24) is 5.06 Å². The fraction of sp³-hybridized carbons (Fsp3) is 0.850. The lowest BCUT2D eigenvalue weighted by Crippen LogP contribution is -2.24. The van der Waals surface area contributed by atoms with Gasteiger partial charge in [0.15, 0.2) is 0 Å². The highest BCUT2D eigenvalue weighted by Crippen LogP contribution is 2.10. The summed E-state index contributed by atoms with van der Waals surface area (Å²) in [5, 5.41) is 1.31. The summed E-state index contributed by atoms with van der Waals surface area (Å²) in [5.41, 5.74) is 0. The Labute approximate surface area is 144 Å². The molecule has 0 unspecified atom stereocenters. The third-order valence-corrected chi connectivity index (χ3v) is 4.28. The first-order valence-electron chi connectivity index (χ1n) is 9.68. The van der Waals surface area contributed by atoms with E-state index in [1.807, 2.05) is 0 Å². The molecule has 0 aromatic carbocycles. The molecule has 0 aromatic rings. The van der Waals surface area contributed by atoms with Crippen LogP contribution < -0.4 is 0 Å². The Morgan fingerprint density at radius 1 is 0.826 bits per heavy atom. The van der Waals surface area contributed by atoms with Crippen LogP contribution >= 0.6 is 0 Å². The van der Waals surface area contributed by atoms with Crippen molar-refractivity contribution in [3.8, 4) is 0 Å². The smallest absolute Gasteiger partial charge is 0.245 e. The number of amides is 1. The van der Waals surface area contributed by atoms with Crippen molar-refractivity contribution in [3.63, 3.8) is 0 Å². The van der Waals surface area contributed by atoms with E-state index in [1.54, 1.807) is 7.05 Å². The maximum atomic E-state index is 11.5. The summed E-state index contributed by atoms with van der Waals surface area (Å²) >= 11 is 0. The molecule has 136 valence electrons. The number of carbonyl (C=O) groups is 1. The summed E-state index contributed by atoms with van der Waals surface area (Å²) < 4.78 is 0. The molecule has 0 bridgehead atoms. The zero-order valence-electron chi connectivity index (χ0n) is 15.8. The van der Waals surface area contributed by atoms with Crippen LogP contribution in [0.1, 0.15) is 96.8 Å². The van der Waals surface area contributed by atoms with E-state index in [1.165, 1.54) is 82.8 Å². The Morgan fingerprint density at radius 2 is 1.30 bits per heavy atom. The molecule has 0 radical (unpaired) electrons. The molecule has 0 atom stereocenters. The van der Waals surface area contributed by atoms with Gasteiger partial charge in [-0.15, -0.1) is 0 Å². The zero-order chi connectivity index (χ0) is 17.2. The minimum Gasteiger partial charge on any atom is -0.275 e. The van der Waals surface area contributed by atoms with Gasteiger partial charge in [-0.3, -0.25) is 9.63 Å². The minimum absolute atomic E-state index is 0.0742. The van der Waals surface area contributed by atoms with Gasteiger partial charge in [-0.25, -0.2) is 5.06 Å². The van der Waals surface area contributed by atoms with Gasteiger partial charge in [0.05, 0.1) is 7.11 Å². The standard InChI is InChI=1S/C20H39NO2/c1-4-5-6-7-8-9-10-11-12-13-14-15-16-17-18-19-20(22)21(2)23-3/h11-12H,4-10,13-19H2,1-3H3/b12-11+. The predicted molar refractivity (Wildman–Crippen MR) is 99.2 cm³/mol. The predicted octanol–water partition coefficient (Wildman–Crippen LogP) is 6.04. The van der Waals surface area contributed by atoms with Gasteiger partial charge in [0.1, 0.15) is 0 Å². The topological polar surface area (TPSA) is 29.5 Å². The second-order valence-corrected chi connectivity index (χ2v) is 6.41. The third kappa shape index (κ3) is 15.8. The fourth-order valence-electron chi connectivity index (χ4n) is 2.61. The largest absolute Gasteiger partial charge is 0.275 e. The lowest BCUT2D eigenvalue weighted by molar-refractivity contribution is -0.168. The van der Waals surface area contributed by atoms with Crippen molar-refractivity contribution in [3.05, 3.63) is 12.2 Å². The van der Waals surface area contributed by atoms with E-state index in [0.717, 1.165) is 12.8 Å². The average Bonchev–Trinajstić information content (AvgIpc) is 2.57. The molecule has 0 saturated heterocycles. The van der Waals surface area contributed by atoms with Crippen LogP contribution in [0.5, 0.6) is 0 Å². The van der Waals surface area contributed by atoms with E-state index in [0.29, 0.717) is 6.42 Å². The van der Waals surface area contributed by atoms with Crippen molar-refractivity contribution < 1.29 is 9.63 Å². The Morgan fingerprint density at radius 3 is 1.83 bits per heavy atom. The molecule has 3 heteroatoms. The Balaban J connectivity index is 3.21. The van der Waals surface area contributed by atoms with Crippen LogP contribution in [0.25, 0.3) is 0 Å². The van der Waals surface area contributed by atoms with Crippen molar-refractivity contribution in [2.45, 2.75) is 96.8 Å². The van der Waals surface area contributed by atoms with E-state index in [9.17, 15) is 4.79 Å². The summed E-state index contributed by atoms with van der Waals surface area (Å²) in [6, 6.07) is 0. The number of allylic oxidation sites excluding steroid dienone is 2. The molecular formula is C20H39NO2. The Bertz CT molecular complexity index is 289. The first-order chi connectivity index (χ1) is 11.2. The second-order valence-electron chi connectivity index (χ2n) is 6.41. The van der Waals surface area contributed by atoms with Gasteiger partial charge in [0.2, 0.25) is 5.91 Å². The van der Waals surface area contributed by atoms with Crippen molar-refractivity contribution in [1.29, 1.82) is 0 Å². The SMILES string of the molecule is CCCCCCCC/C=C/CCCCCCCC(=O)N(C)OC. The van der Waals surface area contributed by atoms with Gasteiger partial charge in [0.25, 0.3) is 0 Å². The van der Waals surface area contributed by atoms with Crippen molar-refractivity contribution >= 4 is 5.91 Å². The maximum Gasteiger partial charge on any atom is 0.245 e.